The van der Waals surface area contributed by atoms with Crippen LogP contribution in [0, 0.1) is 0 Å². The Morgan fingerprint density at radius 1 is 1.22 bits per heavy atom. The Bertz CT molecular complexity index is 844. The minimum atomic E-state index is -0.192. The summed E-state index contributed by atoms with van der Waals surface area (Å²) < 4.78 is 0. The second-order valence-electron chi connectivity index (χ2n) is 7.41. The Labute approximate surface area is 159 Å². The van der Waals surface area contributed by atoms with Crippen LogP contribution in [-0.2, 0) is 4.79 Å². The fraction of sp³-hybridized carbons (Fsp3) is 0.381. The van der Waals surface area contributed by atoms with Crippen LogP contribution >= 0.6 is 0 Å². The van der Waals surface area contributed by atoms with Crippen LogP contribution in [0.3, 0.4) is 0 Å². The highest BCUT2D eigenvalue weighted by atomic mass is 16.2. The smallest absolute Gasteiger partial charge is 0.254 e. The van der Waals surface area contributed by atoms with Gasteiger partial charge in [-0.1, -0.05) is 30.3 Å². The fourth-order valence-electron chi connectivity index (χ4n) is 4.19. The molecule has 0 unspecified atom stereocenters. The van der Waals surface area contributed by atoms with E-state index in [2.05, 4.69) is 15.6 Å². The Morgan fingerprint density at radius 2 is 1.96 bits per heavy atom. The summed E-state index contributed by atoms with van der Waals surface area (Å²) in [6, 6.07) is 13.5. The highest BCUT2D eigenvalue weighted by Crippen LogP contribution is 2.39. The van der Waals surface area contributed by atoms with Gasteiger partial charge in [0, 0.05) is 37.4 Å². The first kappa shape index (κ1) is 17.5. The van der Waals surface area contributed by atoms with Gasteiger partial charge in [-0.15, -0.1) is 0 Å². The summed E-state index contributed by atoms with van der Waals surface area (Å²) in [6.07, 6.45) is 4.03. The number of nitrogens with zero attached hydrogens (tertiary/aromatic N) is 2. The van der Waals surface area contributed by atoms with Gasteiger partial charge in [-0.05, 0) is 37.0 Å². The third-order valence-electron chi connectivity index (χ3n) is 5.77. The predicted octanol–water partition coefficient (Wildman–Crippen LogP) is 2.40. The Morgan fingerprint density at radius 3 is 2.67 bits per heavy atom. The van der Waals surface area contributed by atoms with Gasteiger partial charge in [0.05, 0.1) is 5.92 Å². The lowest BCUT2D eigenvalue weighted by molar-refractivity contribution is -0.121. The van der Waals surface area contributed by atoms with Crippen LogP contribution in [0.2, 0.25) is 0 Å². The molecule has 0 aliphatic carbocycles. The van der Waals surface area contributed by atoms with Crippen molar-refractivity contribution >= 4 is 17.6 Å². The van der Waals surface area contributed by atoms with Gasteiger partial charge < -0.3 is 15.5 Å². The van der Waals surface area contributed by atoms with Gasteiger partial charge in [0.2, 0.25) is 5.91 Å². The number of hydrogen-bond donors (Lipinski definition) is 2. The Hall–Kier alpha value is -2.89. The van der Waals surface area contributed by atoms with Gasteiger partial charge in [-0.3, -0.25) is 9.59 Å². The molecule has 1 atom stereocenters. The average Bonchev–Trinajstić information content (AvgIpc) is 3.04. The molecule has 2 N–H and O–H groups in total. The van der Waals surface area contributed by atoms with Crippen LogP contribution < -0.4 is 10.6 Å². The molecule has 2 saturated heterocycles. The number of anilines is 1. The van der Waals surface area contributed by atoms with Crippen LogP contribution in [0.1, 0.15) is 41.1 Å². The van der Waals surface area contributed by atoms with Crippen molar-refractivity contribution in [3.63, 3.8) is 0 Å². The van der Waals surface area contributed by atoms with E-state index in [1.54, 1.807) is 25.4 Å². The number of carbonyl (C=O) groups excluding carboxylic acids is 2. The third kappa shape index (κ3) is 3.39. The minimum absolute atomic E-state index is 0.0210. The number of amides is 2. The summed E-state index contributed by atoms with van der Waals surface area (Å²) in [4.78, 5) is 31.4. The van der Waals surface area contributed by atoms with Crippen molar-refractivity contribution in [2.75, 3.05) is 25.5 Å². The topological polar surface area (TPSA) is 74.3 Å². The van der Waals surface area contributed by atoms with E-state index in [1.165, 1.54) is 0 Å². The number of piperidine rings is 1. The van der Waals surface area contributed by atoms with Gasteiger partial charge >= 0.3 is 0 Å². The van der Waals surface area contributed by atoms with Crippen molar-refractivity contribution < 1.29 is 9.59 Å². The maximum atomic E-state index is 12.8. The molecule has 2 aliphatic rings. The van der Waals surface area contributed by atoms with E-state index in [0.29, 0.717) is 24.5 Å². The lowest BCUT2D eigenvalue weighted by Crippen LogP contribution is -2.52. The number of nitrogens with one attached hydrogen (secondary N) is 2. The molecule has 0 bridgehead atoms. The number of pyridine rings is 1. The summed E-state index contributed by atoms with van der Waals surface area (Å²) in [6.45, 7) is 1.30. The van der Waals surface area contributed by atoms with E-state index in [9.17, 15) is 9.59 Å². The van der Waals surface area contributed by atoms with Crippen molar-refractivity contribution in [1.29, 1.82) is 0 Å². The summed E-state index contributed by atoms with van der Waals surface area (Å²) >= 11 is 0. The zero-order valence-electron chi connectivity index (χ0n) is 15.4. The summed E-state index contributed by atoms with van der Waals surface area (Å²) in [5, 5.41) is 6.20. The first-order chi connectivity index (χ1) is 13.1. The molecule has 3 heterocycles. The van der Waals surface area contributed by atoms with E-state index < -0.39 is 0 Å². The number of benzene rings is 1. The molecule has 6 heteroatoms. The van der Waals surface area contributed by atoms with Crippen molar-refractivity contribution in [1.82, 2.24) is 15.2 Å². The monoisotopic (exact) mass is 364 g/mol. The predicted molar refractivity (Wildman–Crippen MR) is 104 cm³/mol. The molecule has 6 nitrogen and oxygen atoms in total. The van der Waals surface area contributed by atoms with Crippen LogP contribution in [-0.4, -0.2) is 47.4 Å². The molecule has 1 aromatic heterocycles. The summed E-state index contributed by atoms with van der Waals surface area (Å²) in [5.41, 5.74) is 1.52. The number of carbonyl (C=O) groups is 2. The van der Waals surface area contributed by atoms with Gasteiger partial charge in [0.25, 0.3) is 5.91 Å². The first-order valence-corrected chi connectivity index (χ1v) is 9.40. The largest absolute Gasteiger partial charge is 0.373 e. The quantitative estimate of drug-likeness (QED) is 0.877. The molecule has 1 aromatic carbocycles. The third-order valence-corrected chi connectivity index (χ3v) is 5.77. The van der Waals surface area contributed by atoms with Crippen molar-refractivity contribution in [2.45, 2.75) is 30.7 Å². The lowest BCUT2D eigenvalue weighted by atomic mass is 9.82. The van der Waals surface area contributed by atoms with E-state index in [1.807, 2.05) is 35.2 Å². The summed E-state index contributed by atoms with van der Waals surface area (Å²) in [7, 11) is 1.78. The number of rotatable bonds is 3. The zero-order chi connectivity index (χ0) is 18.9. The molecule has 140 valence electrons. The van der Waals surface area contributed by atoms with Crippen LogP contribution in [0.15, 0.2) is 48.7 Å². The van der Waals surface area contributed by atoms with Crippen LogP contribution in [0.25, 0.3) is 0 Å². The lowest BCUT2D eigenvalue weighted by Gasteiger charge is -2.39. The second kappa shape index (κ2) is 7.02. The summed E-state index contributed by atoms with van der Waals surface area (Å²) in [5.74, 6) is 0.719. The standard InChI is InChI=1S/C21H24N4O2/c1-22-18-13-16(7-10-23-18)20(27)25-11-8-21(9-12-25)14-17(19(26)24-21)15-5-3-2-4-6-15/h2-7,10,13,17H,8-9,11-12,14H2,1H3,(H,22,23)(H,24,26)/t17-/m0/s1. The maximum absolute atomic E-state index is 12.8. The molecule has 2 amide bonds. The first-order valence-electron chi connectivity index (χ1n) is 9.40. The maximum Gasteiger partial charge on any atom is 0.254 e. The van der Waals surface area contributed by atoms with Crippen LogP contribution in [0.5, 0.6) is 0 Å². The Balaban J connectivity index is 1.43. The van der Waals surface area contributed by atoms with Gasteiger partial charge in [0.1, 0.15) is 5.82 Å². The number of hydrogen-bond acceptors (Lipinski definition) is 4. The highest BCUT2D eigenvalue weighted by molar-refractivity contribution is 5.95. The van der Waals surface area contributed by atoms with Crippen LogP contribution in [0.4, 0.5) is 5.82 Å². The zero-order valence-corrected chi connectivity index (χ0v) is 15.4. The number of aromatic nitrogens is 1. The van der Waals surface area contributed by atoms with Crippen molar-refractivity contribution in [3.05, 3.63) is 59.8 Å². The van der Waals surface area contributed by atoms with E-state index in [0.717, 1.165) is 24.8 Å². The SMILES string of the molecule is CNc1cc(C(=O)N2CCC3(CC2)C[C@@H](c2ccccc2)C(=O)N3)ccn1. The molecular formula is C21H24N4O2. The molecule has 1 spiro atoms. The number of likely N-dealkylation sites (tertiary alicyclic amines) is 1. The molecule has 2 aromatic rings. The van der Waals surface area contributed by atoms with E-state index in [4.69, 9.17) is 0 Å². The van der Waals surface area contributed by atoms with E-state index >= 15 is 0 Å². The molecule has 2 aliphatic heterocycles. The van der Waals surface area contributed by atoms with Gasteiger partial charge in [0.15, 0.2) is 0 Å². The van der Waals surface area contributed by atoms with E-state index in [-0.39, 0.29) is 23.3 Å². The molecule has 0 radical (unpaired) electrons. The average molecular weight is 364 g/mol. The molecule has 2 fully saturated rings. The van der Waals surface area contributed by atoms with Gasteiger partial charge in [-0.2, -0.15) is 0 Å². The van der Waals surface area contributed by atoms with Crippen molar-refractivity contribution in [3.8, 4) is 0 Å². The molecule has 27 heavy (non-hydrogen) atoms. The normalized spacial score (nSPS) is 21.1. The molecule has 0 saturated carbocycles. The molecular weight excluding hydrogens is 340 g/mol. The highest BCUT2D eigenvalue weighted by Gasteiger charge is 2.46. The van der Waals surface area contributed by atoms with Crippen molar-refractivity contribution in [2.24, 2.45) is 0 Å². The second-order valence-corrected chi connectivity index (χ2v) is 7.41. The fourth-order valence-corrected chi connectivity index (χ4v) is 4.19. The minimum Gasteiger partial charge on any atom is -0.373 e. The Kier molecular flexibility index (Phi) is 4.56. The molecule has 4 rings (SSSR count). The van der Waals surface area contributed by atoms with Gasteiger partial charge in [-0.25, -0.2) is 4.98 Å².